The number of hydrogen-bond donors (Lipinski definition) is 2. The van der Waals surface area contributed by atoms with Crippen molar-refractivity contribution in [1.29, 1.82) is 0 Å². The lowest BCUT2D eigenvalue weighted by Gasteiger charge is -2.39. The highest BCUT2D eigenvalue weighted by Crippen LogP contribution is 2.33. The molecule has 0 bridgehead atoms. The first-order chi connectivity index (χ1) is 15.0. The van der Waals surface area contributed by atoms with Crippen LogP contribution < -0.4 is 21.0 Å². The average Bonchev–Trinajstić information content (AvgIpc) is 3.41. The molecule has 1 amide bonds. The Morgan fingerprint density at radius 2 is 2.03 bits per heavy atom. The number of rotatable bonds is 4. The van der Waals surface area contributed by atoms with Gasteiger partial charge in [-0.15, -0.1) is 0 Å². The first-order valence-corrected chi connectivity index (χ1v) is 10.8. The van der Waals surface area contributed by atoms with Gasteiger partial charge in [-0.05, 0) is 55.0 Å². The van der Waals surface area contributed by atoms with Gasteiger partial charge in [0.15, 0.2) is 0 Å². The minimum Gasteiger partial charge on any atom is -0.355 e. The number of carbonyl (C=O) groups excluding carboxylic acids is 1. The first-order valence-electron chi connectivity index (χ1n) is 10.8. The second-order valence-electron chi connectivity index (χ2n) is 8.77. The first kappa shape index (κ1) is 19.7. The maximum Gasteiger partial charge on any atom is 0.251 e. The molecule has 1 fully saturated rings. The molecule has 162 valence electrons. The van der Waals surface area contributed by atoms with E-state index in [4.69, 9.17) is 10.7 Å². The van der Waals surface area contributed by atoms with Crippen molar-refractivity contribution >= 4 is 28.6 Å². The Hall–Kier alpha value is -3.20. The number of amides is 1. The summed E-state index contributed by atoms with van der Waals surface area (Å²) in [7, 11) is 1.65. The van der Waals surface area contributed by atoms with E-state index < -0.39 is 0 Å². The fraction of sp³-hybridized carbons (Fsp3) is 0.455. The molecule has 0 radical (unpaired) electrons. The van der Waals surface area contributed by atoms with Crippen LogP contribution in [0, 0.1) is 5.41 Å². The molecule has 0 saturated carbocycles. The Labute approximate surface area is 181 Å². The minimum absolute atomic E-state index is 0.0754. The van der Waals surface area contributed by atoms with Crippen molar-refractivity contribution in [2.75, 3.05) is 43.1 Å². The third-order valence-electron chi connectivity index (χ3n) is 6.70. The van der Waals surface area contributed by atoms with E-state index in [1.165, 1.54) is 0 Å². The van der Waals surface area contributed by atoms with Crippen molar-refractivity contribution in [2.24, 2.45) is 11.1 Å². The molecule has 0 spiro atoms. The van der Waals surface area contributed by atoms with Crippen LogP contribution in [0.1, 0.15) is 35.7 Å². The molecule has 9 nitrogen and oxygen atoms in total. The van der Waals surface area contributed by atoms with Gasteiger partial charge >= 0.3 is 0 Å². The van der Waals surface area contributed by atoms with Crippen LogP contribution >= 0.6 is 0 Å². The van der Waals surface area contributed by atoms with Crippen LogP contribution in [-0.2, 0) is 6.42 Å². The third kappa shape index (κ3) is 3.38. The van der Waals surface area contributed by atoms with E-state index in [-0.39, 0.29) is 11.3 Å². The van der Waals surface area contributed by atoms with Crippen LogP contribution in [0.2, 0.25) is 0 Å². The van der Waals surface area contributed by atoms with Crippen LogP contribution in [0.15, 0.2) is 30.6 Å². The Morgan fingerprint density at radius 3 is 2.77 bits per heavy atom. The standard InChI is InChI=1S/C22H28N8O/c1-22(14-23)6-9-28(10-7-22)19-13-25-17-12-26-30(20(17)27-19)29-8-5-15-11-16(21(31)24-2)3-4-18(15)29/h3-4,11-13H,5-10,14,23H2,1-2H3,(H,24,31). The second-order valence-corrected chi connectivity index (χ2v) is 8.77. The molecule has 3 N–H and O–H groups in total. The molecule has 4 heterocycles. The normalized spacial score (nSPS) is 17.8. The van der Waals surface area contributed by atoms with E-state index in [0.29, 0.717) is 12.1 Å². The Morgan fingerprint density at radius 1 is 1.23 bits per heavy atom. The van der Waals surface area contributed by atoms with Crippen LogP contribution in [0.3, 0.4) is 0 Å². The summed E-state index contributed by atoms with van der Waals surface area (Å²) in [5, 5.41) is 9.36. The van der Waals surface area contributed by atoms with E-state index >= 15 is 0 Å². The third-order valence-corrected chi connectivity index (χ3v) is 6.70. The number of nitrogens with one attached hydrogen (secondary N) is 1. The van der Waals surface area contributed by atoms with Gasteiger partial charge in [0.05, 0.1) is 18.1 Å². The molecule has 2 aliphatic rings. The molecular formula is C22H28N8O. The Kier molecular flexibility index (Phi) is 4.77. The number of hydrogen-bond acceptors (Lipinski definition) is 7. The molecule has 2 aliphatic heterocycles. The number of carbonyl (C=O) groups is 1. The number of piperidine rings is 1. The van der Waals surface area contributed by atoms with Gasteiger partial charge in [-0.1, -0.05) is 6.92 Å². The summed E-state index contributed by atoms with van der Waals surface area (Å²) >= 11 is 0. The van der Waals surface area contributed by atoms with Gasteiger partial charge in [-0.3, -0.25) is 9.80 Å². The van der Waals surface area contributed by atoms with Crippen LogP contribution in [0.25, 0.3) is 11.2 Å². The van der Waals surface area contributed by atoms with Gasteiger partial charge in [0, 0.05) is 32.2 Å². The average molecular weight is 421 g/mol. The van der Waals surface area contributed by atoms with E-state index in [9.17, 15) is 4.79 Å². The van der Waals surface area contributed by atoms with Gasteiger partial charge in [-0.25, -0.2) is 9.97 Å². The molecule has 1 aromatic carbocycles. The van der Waals surface area contributed by atoms with Gasteiger partial charge in [-0.2, -0.15) is 9.89 Å². The van der Waals surface area contributed by atoms with Gasteiger partial charge < -0.3 is 16.0 Å². The molecular weight excluding hydrogens is 392 g/mol. The lowest BCUT2D eigenvalue weighted by atomic mass is 9.80. The maximum atomic E-state index is 12.0. The smallest absolute Gasteiger partial charge is 0.251 e. The molecule has 0 atom stereocenters. The maximum absolute atomic E-state index is 12.0. The monoisotopic (exact) mass is 420 g/mol. The van der Waals surface area contributed by atoms with Gasteiger partial charge in [0.1, 0.15) is 11.3 Å². The summed E-state index contributed by atoms with van der Waals surface area (Å²) in [6, 6.07) is 5.79. The van der Waals surface area contributed by atoms with Crippen LogP contribution in [0.5, 0.6) is 0 Å². The summed E-state index contributed by atoms with van der Waals surface area (Å²) < 4.78 is 0. The summed E-state index contributed by atoms with van der Waals surface area (Å²) in [5.41, 5.74) is 10.5. The molecule has 5 rings (SSSR count). The molecule has 1 saturated heterocycles. The van der Waals surface area contributed by atoms with Crippen molar-refractivity contribution < 1.29 is 4.79 Å². The number of anilines is 2. The SMILES string of the molecule is CNC(=O)c1ccc2c(c1)CCN2n1ncc2ncc(N3CCC(C)(CN)CC3)nc21. The lowest BCUT2D eigenvalue weighted by molar-refractivity contribution is 0.0963. The van der Waals surface area contributed by atoms with E-state index in [1.54, 1.807) is 13.2 Å². The summed E-state index contributed by atoms with van der Waals surface area (Å²) in [4.78, 5) is 25.7. The van der Waals surface area contributed by atoms with Crippen molar-refractivity contribution in [3.8, 4) is 0 Å². The molecule has 3 aromatic rings. The molecule has 2 aromatic heterocycles. The summed E-state index contributed by atoms with van der Waals surface area (Å²) in [6.07, 6.45) is 6.54. The highest BCUT2D eigenvalue weighted by atomic mass is 16.1. The quantitative estimate of drug-likeness (QED) is 0.660. The van der Waals surface area contributed by atoms with Crippen molar-refractivity contribution in [3.63, 3.8) is 0 Å². The Bertz CT molecular complexity index is 1130. The highest BCUT2D eigenvalue weighted by molar-refractivity contribution is 5.94. The van der Waals surface area contributed by atoms with Crippen molar-refractivity contribution in [2.45, 2.75) is 26.2 Å². The van der Waals surface area contributed by atoms with E-state index in [1.807, 2.05) is 29.2 Å². The number of nitrogens with zero attached hydrogens (tertiary/aromatic N) is 6. The summed E-state index contributed by atoms with van der Waals surface area (Å²) in [5.74, 6) is 0.802. The van der Waals surface area contributed by atoms with Crippen LogP contribution in [0.4, 0.5) is 11.5 Å². The van der Waals surface area contributed by atoms with Gasteiger partial charge in [0.2, 0.25) is 5.65 Å². The molecule has 31 heavy (non-hydrogen) atoms. The molecule has 9 heteroatoms. The number of aromatic nitrogens is 4. The zero-order chi connectivity index (χ0) is 21.6. The second kappa shape index (κ2) is 7.49. The fourth-order valence-electron chi connectivity index (χ4n) is 4.46. The number of fused-ring (bicyclic) bond motifs is 2. The topological polar surface area (TPSA) is 105 Å². The van der Waals surface area contributed by atoms with Gasteiger partial charge in [0.25, 0.3) is 5.91 Å². The zero-order valence-corrected chi connectivity index (χ0v) is 18.0. The molecule has 0 unspecified atom stereocenters. The van der Waals surface area contributed by atoms with E-state index in [0.717, 1.165) is 67.1 Å². The number of nitrogens with two attached hydrogens (primary N) is 1. The number of benzene rings is 1. The van der Waals surface area contributed by atoms with E-state index in [2.05, 4.69) is 32.2 Å². The highest BCUT2D eigenvalue weighted by Gasteiger charge is 2.30. The summed E-state index contributed by atoms with van der Waals surface area (Å²) in [6.45, 7) is 5.60. The Balaban J connectivity index is 1.45. The lowest BCUT2D eigenvalue weighted by Crippen LogP contribution is -2.42. The largest absolute Gasteiger partial charge is 0.355 e. The van der Waals surface area contributed by atoms with Crippen molar-refractivity contribution in [1.82, 2.24) is 25.2 Å². The zero-order valence-electron chi connectivity index (χ0n) is 18.0. The van der Waals surface area contributed by atoms with Crippen molar-refractivity contribution in [3.05, 3.63) is 41.7 Å². The van der Waals surface area contributed by atoms with Crippen LogP contribution in [-0.4, -0.2) is 59.0 Å². The predicted octanol–water partition coefficient (Wildman–Crippen LogP) is 1.58. The fourth-order valence-corrected chi connectivity index (χ4v) is 4.46. The molecule has 0 aliphatic carbocycles. The predicted molar refractivity (Wildman–Crippen MR) is 120 cm³/mol. The minimum atomic E-state index is -0.0754.